The van der Waals surface area contributed by atoms with Crippen LogP contribution < -0.4 is 5.32 Å². The Bertz CT molecular complexity index is 592. The highest BCUT2D eigenvalue weighted by Crippen LogP contribution is 2.44. The molecule has 19 heavy (non-hydrogen) atoms. The van der Waals surface area contributed by atoms with Crippen molar-refractivity contribution in [2.45, 2.75) is 18.9 Å². The second-order valence-electron chi connectivity index (χ2n) is 4.93. The van der Waals surface area contributed by atoms with Gasteiger partial charge in [-0.05, 0) is 72.7 Å². The molecule has 1 unspecified atom stereocenters. The molecule has 4 heteroatoms. The van der Waals surface area contributed by atoms with Crippen molar-refractivity contribution in [2.75, 3.05) is 7.05 Å². The molecule has 1 atom stereocenters. The van der Waals surface area contributed by atoms with Crippen molar-refractivity contribution >= 4 is 45.5 Å². The Balaban J connectivity index is 1.91. The quantitative estimate of drug-likeness (QED) is 0.679. The molecule has 1 aromatic heterocycles. The van der Waals surface area contributed by atoms with Gasteiger partial charge in [-0.2, -0.15) is 0 Å². The van der Waals surface area contributed by atoms with E-state index in [2.05, 4.69) is 59.2 Å². The van der Waals surface area contributed by atoms with E-state index in [1.165, 1.54) is 26.2 Å². The molecule has 1 aromatic carbocycles. The summed E-state index contributed by atoms with van der Waals surface area (Å²) in [5.74, 6) is 0.823. The number of benzene rings is 1. The molecule has 0 bridgehead atoms. The zero-order valence-corrected chi connectivity index (χ0v) is 14.3. The van der Waals surface area contributed by atoms with Gasteiger partial charge in [0.15, 0.2) is 0 Å². The predicted molar refractivity (Wildman–Crippen MR) is 92.0 cm³/mol. The molecule has 3 rings (SSSR count). The zero-order valence-electron chi connectivity index (χ0n) is 10.6. The molecule has 1 fully saturated rings. The van der Waals surface area contributed by atoms with Crippen LogP contribution in [0.25, 0.3) is 10.4 Å². The normalized spacial score (nSPS) is 16.6. The third-order valence-electron chi connectivity index (χ3n) is 3.53. The second-order valence-corrected chi connectivity index (χ2v) is 7.70. The van der Waals surface area contributed by atoms with Crippen LogP contribution in [0.4, 0.5) is 0 Å². The fraction of sp³-hybridized carbons (Fsp3) is 0.333. The lowest BCUT2D eigenvalue weighted by Gasteiger charge is -2.12. The molecule has 1 N–H and O–H groups in total. The van der Waals surface area contributed by atoms with Gasteiger partial charge in [-0.25, -0.2) is 0 Å². The molecule has 100 valence electrons. The van der Waals surface area contributed by atoms with E-state index in [0.29, 0.717) is 6.04 Å². The summed E-state index contributed by atoms with van der Waals surface area (Å²) in [5.41, 5.74) is 1.14. The summed E-state index contributed by atoms with van der Waals surface area (Å²) in [4.78, 5) is 2.69. The van der Waals surface area contributed by atoms with Crippen LogP contribution in [0, 0.1) is 9.49 Å². The molecule has 1 aliphatic carbocycles. The molecule has 0 spiro atoms. The van der Waals surface area contributed by atoms with Crippen molar-refractivity contribution < 1.29 is 0 Å². The van der Waals surface area contributed by atoms with Crippen LogP contribution in [0.2, 0.25) is 5.02 Å². The summed E-state index contributed by atoms with van der Waals surface area (Å²) >= 11 is 10.5. The van der Waals surface area contributed by atoms with Gasteiger partial charge in [-0.1, -0.05) is 17.7 Å². The van der Waals surface area contributed by atoms with Crippen LogP contribution >= 0.6 is 45.5 Å². The first-order valence-electron chi connectivity index (χ1n) is 6.41. The van der Waals surface area contributed by atoms with E-state index in [0.717, 1.165) is 16.5 Å². The highest BCUT2D eigenvalue weighted by atomic mass is 127. The van der Waals surface area contributed by atoms with Crippen molar-refractivity contribution in [1.29, 1.82) is 0 Å². The first kappa shape index (κ1) is 13.9. The largest absolute Gasteiger partial charge is 0.312 e. The molecule has 1 saturated carbocycles. The summed E-state index contributed by atoms with van der Waals surface area (Å²) in [5, 5.41) is 4.29. The minimum Gasteiger partial charge on any atom is -0.312 e. The summed E-state index contributed by atoms with van der Waals surface area (Å²) in [6.45, 7) is 0. The van der Waals surface area contributed by atoms with Crippen LogP contribution in [0.3, 0.4) is 0 Å². The lowest BCUT2D eigenvalue weighted by Crippen LogP contribution is -2.16. The first-order chi connectivity index (χ1) is 9.19. The fourth-order valence-electron chi connectivity index (χ4n) is 2.39. The van der Waals surface area contributed by atoms with Crippen molar-refractivity contribution in [2.24, 2.45) is 5.92 Å². The van der Waals surface area contributed by atoms with E-state index < -0.39 is 0 Å². The Hall–Kier alpha value is -0.100. The summed E-state index contributed by atoms with van der Waals surface area (Å²) in [7, 11) is 2.06. The maximum absolute atomic E-state index is 6.35. The van der Waals surface area contributed by atoms with E-state index in [1.807, 2.05) is 17.4 Å². The van der Waals surface area contributed by atoms with Crippen LogP contribution in [-0.2, 0) is 0 Å². The average molecular weight is 404 g/mol. The van der Waals surface area contributed by atoms with Gasteiger partial charge >= 0.3 is 0 Å². The molecule has 1 nitrogen and oxygen atoms in total. The number of hydrogen-bond donors (Lipinski definition) is 1. The summed E-state index contributed by atoms with van der Waals surface area (Å²) < 4.78 is 1.18. The number of thiophene rings is 1. The van der Waals surface area contributed by atoms with E-state index in [4.69, 9.17) is 11.6 Å². The topological polar surface area (TPSA) is 12.0 Å². The van der Waals surface area contributed by atoms with Crippen LogP contribution in [-0.4, -0.2) is 7.05 Å². The van der Waals surface area contributed by atoms with Crippen LogP contribution in [0.15, 0.2) is 30.3 Å². The lowest BCUT2D eigenvalue weighted by atomic mass is 10.1. The number of rotatable bonds is 4. The van der Waals surface area contributed by atoms with E-state index in [9.17, 15) is 0 Å². The second kappa shape index (κ2) is 5.72. The van der Waals surface area contributed by atoms with Crippen molar-refractivity contribution in [3.05, 3.63) is 43.8 Å². The van der Waals surface area contributed by atoms with E-state index in [1.54, 1.807) is 0 Å². The highest BCUT2D eigenvalue weighted by molar-refractivity contribution is 14.1. The maximum atomic E-state index is 6.35. The molecule has 1 aliphatic rings. The standard InChI is InChI=1S/C15H15ClINS/c1-18-15(9-2-3-9)14-7-6-13(19-14)11-5-4-10(17)8-12(11)16/h4-9,15,18H,2-3H2,1H3. The Morgan fingerprint density at radius 1 is 1.32 bits per heavy atom. The molecular weight excluding hydrogens is 389 g/mol. The van der Waals surface area contributed by atoms with Crippen molar-refractivity contribution in [3.8, 4) is 10.4 Å². The highest BCUT2D eigenvalue weighted by Gasteiger charge is 2.32. The van der Waals surface area contributed by atoms with Gasteiger partial charge in [0.05, 0.1) is 5.02 Å². The van der Waals surface area contributed by atoms with Crippen LogP contribution in [0.5, 0.6) is 0 Å². The fourth-order valence-corrected chi connectivity index (χ4v) is 4.66. The molecule has 0 radical (unpaired) electrons. The maximum Gasteiger partial charge on any atom is 0.0503 e. The SMILES string of the molecule is CNC(c1ccc(-c2ccc(I)cc2Cl)s1)C1CC1. The van der Waals surface area contributed by atoms with Gasteiger partial charge in [-0.3, -0.25) is 0 Å². The van der Waals surface area contributed by atoms with E-state index >= 15 is 0 Å². The smallest absolute Gasteiger partial charge is 0.0503 e. The van der Waals surface area contributed by atoms with Crippen LogP contribution in [0.1, 0.15) is 23.8 Å². The van der Waals surface area contributed by atoms with Crippen molar-refractivity contribution in [3.63, 3.8) is 0 Å². The number of nitrogens with one attached hydrogen (secondary N) is 1. The number of hydrogen-bond acceptors (Lipinski definition) is 2. The summed E-state index contributed by atoms with van der Waals surface area (Å²) in [6, 6.07) is 11.2. The Labute approximate surface area is 136 Å². The van der Waals surface area contributed by atoms with Gasteiger partial charge < -0.3 is 5.32 Å². The third kappa shape index (κ3) is 2.99. The van der Waals surface area contributed by atoms with Crippen molar-refractivity contribution in [1.82, 2.24) is 5.32 Å². The van der Waals surface area contributed by atoms with Gasteiger partial charge in [0.1, 0.15) is 0 Å². The molecule has 0 saturated heterocycles. The molecule has 1 heterocycles. The minimum absolute atomic E-state index is 0.515. The van der Waals surface area contributed by atoms with E-state index in [-0.39, 0.29) is 0 Å². The Morgan fingerprint density at radius 3 is 2.74 bits per heavy atom. The summed E-state index contributed by atoms with van der Waals surface area (Å²) in [6.07, 6.45) is 2.70. The molecular formula is C15H15ClINS. The Morgan fingerprint density at radius 2 is 2.11 bits per heavy atom. The Kier molecular flexibility index (Phi) is 4.17. The number of halogens is 2. The monoisotopic (exact) mass is 403 g/mol. The van der Waals surface area contributed by atoms with Gasteiger partial charge in [0.25, 0.3) is 0 Å². The average Bonchev–Trinajstić information content (AvgIpc) is 3.09. The van der Waals surface area contributed by atoms with Gasteiger partial charge in [0.2, 0.25) is 0 Å². The lowest BCUT2D eigenvalue weighted by molar-refractivity contribution is 0.537. The molecule has 0 aliphatic heterocycles. The molecule has 0 amide bonds. The predicted octanol–water partition coefficient (Wildman–Crippen LogP) is 5.34. The minimum atomic E-state index is 0.515. The third-order valence-corrected chi connectivity index (χ3v) is 5.72. The van der Waals surface area contributed by atoms with Gasteiger partial charge in [0, 0.05) is 24.9 Å². The first-order valence-corrected chi connectivity index (χ1v) is 8.69. The molecule has 2 aromatic rings. The zero-order chi connectivity index (χ0) is 13.4. The van der Waals surface area contributed by atoms with Gasteiger partial charge in [-0.15, -0.1) is 11.3 Å².